The van der Waals surface area contributed by atoms with Gasteiger partial charge in [-0.3, -0.25) is 0 Å². The molecule has 0 saturated carbocycles. The van der Waals surface area contributed by atoms with E-state index in [-0.39, 0.29) is 20.1 Å². The van der Waals surface area contributed by atoms with Crippen molar-refractivity contribution in [3.63, 3.8) is 0 Å². The minimum absolute atomic E-state index is 0. The summed E-state index contributed by atoms with van der Waals surface area (Å²) >= 11 is 0. The zero-order valence-corrected chi connectivity index (χ0v) is 47.1. The monoisotopic (exact) mass is 1170 g/mol. The van der Waals surface area contributed by atoms with E-state index < -0.39 is 0 Å². The third-order valence-electron chi connectivity index (χ3n) is 14.4. The van der Waals surface area contributed by atoms with E-state index in [2.05, 4.69) is 224 Å². The second-order valence-electron chi connectivity index (χ2n) is 21.2. The number of aryl methyl sites for hydroxylation is 3. The van der Waals surface area contributed by atoms with Gasteiger partial charge in [-0.15, -0.1) is 108 Å². The number of aromatic nitrogens is 3. The first-order chi connectivity index (χ1) is 36.7. The first-order valence-corrected chi connectivity index (χ1v) is 27.0. The van der Waals surface area contributed by atoms with Crippen LogP contribution >= 0.6 is 0 Å². The van der Waals surface area contributed by atoms with Crippen molar-refractivity contribution >= 4 is 0 Å². The molecule has 0 aliphatic rings. The molecular weight excluding hydrogens is 1100 g/mol. The SMILES string of the molecule is CC(C)CCc1cc(-c2[c-]cccc2)ncc1-c1ccccc1-c1cc(-c2ccccc2-c2cnc(-c3[c-]cccc3)cc2CCC(C)C)cc(-c2ccccc2-c2cnc(-c3[c-]cccc3)cc2CCC(C)C)c1.[Ir+3]. The zero-order valence-electron chi connectivity index (χ0n) is 44.7. The molecule has 0 aliphatic carbocycles. The van der Waals surface area contributed by atoms with Crippen LogP contribution in [0.3, 0.4) is 0 Å². The smallest absolute Gasteiger partial charge is 0.304 e. The van der Waals surface area contributed by atoms with Gasteiger partial charge in [-0.2, -0.15) is 0 Å². The Hall–Kier alpha value is -7.36. The Bertz CT molecular complexity index is 3140. The summed E-state index contributed by atoms with van der Waals surface area (Å²) in [5, 5.41) is 0. The fraction of sp³-hybridized carbons (Fsp3) is 0.208. The van der Waals surface area contributed by atoms with Crippen LogP contribution in [0.25, 0.3) is 101 Å². The third kappa shape index (κ3) is 12.5. The van der Waals surface area contributed by atoms with E-state index in [1.807, 2.05) is 36.4 Å². The molecular formula is C72H66IrN3. The van der Waals surface area contributed by atoms with Gasteiger partial charge in [0.1, 0.15) is 0 Å². The van der Waals surface area contributed by atoms with E-state index in [4.69, 9.17) is 15.0 Å². The van der Waals surface area contributed by atoms with E-state index in [1.54, 1.807) is 0 Å². The fourth-order valence-electron chi connectivity index (χ4n) is 10.3. The molecule has 0 atom stereocenters. The molecule has 3 heterocycles. The Morgan fingerprint density at radius 3 is 0.829 bits per heavy atom. The molecule has 0 spiro atoms. The molecule has 0 fully saturated rings. The minimum atomic E-state index is 0. The minimum Gasteiger partial charge on any atom is -0.304 e. The maximum absolute atomic E-state index is 5.14. The molecule has 378 valence electrons. The largest absolute Gasteiger partial charge is 3.00 e. The van der Waals surface area contributed by atoms with Crippen LogP contribution in [0.2, 0.25) is 0 Å². The molecule has 10 aromatic rings. The van der Waals surface area contributed by atoms with Gasteiger partial charge in [0.2, 0.25) is 0 Å². The average Bonchev–Trinajstić information content (AvgIpc) is 3.47. The maximum atomic E-state index is 5.14. The predicted molar refractivity (Wildman–Crippen MR) is 315 cm³/mol. The number of hydrogen-bond acceptors (Lipinski definition) is 3. The molecule has 7 aromatic carbocycles. The Balaban J connectivity index is 0.00000706. The Kier molecular flexibility index (Phi) is 17.6. The standard InChI is InChI=1S/C72H66N3.Ir/c1-49(2)34-37-55-43-70(52-22-10-7-11-23-52)73-46-67(55)64-31-19-16-28-61(64)58-40-59(62-29-17-20-32-65(62)68-47-74-71(53-24-12-8-13-25-53)44-56(68)38-35-50(3)4)42-60(41-58)63-30-18-21-33-66(63)69-48-75-72(54-26-14-9-15-27-54)45-57(69)39-36-51(5)6;/h7-22,24,26,28-33,40-51H,34-39H2,1-6H3;/q-3;+3. The number of pyridine rings is 3. The normalized spacial score (nSPS) is 11.3. The molecule has 0 saturated heterocycles. The van der Waals surface area contributed by atoms with Crippen molar-refractivity contribution < 1.29 is 20.1 Å². The Labute approximate surface area is 466 Å². The van der Waals surface area contributed by atoms with Crippen LogP contribution in [0.1, 0.15) is 77.5 Å². The van der Waals surface area contributed by atoms with Crippen LogP contribution < -0.4 is 0 Å². The van der Waals surface area contributed by atoms with Crippen molar-refractivity contribution in [2.24, 2.45) is 17.8 Å². The summed E-state index contributed by atoms with van der Waals surface area (Å²) in [4.78, 5) is 15.4. The number of benzene rings is 7. The average molecular weight is 1170 g/mol. The van der Waals surface area contributed by atoms with Crippen molar-refractivity contribution in [3.8, 4) is 101 Å². The number of rotatable bonds is 18. The van der Waals surface area contributed by atoms with E-state index in [9.17, 15) is 0 Å². The van der Waals surface area contributed by atoms with Crippen molar-refractivity contribution in [3.05, 3.63) is 235 Å². The fourth-order valence-corrected chi connectivity index (χ4v) is 10.3. The molecule has 0 N–H and O–H groups in total. The topological polar surface area (TPSA) is 38.7 Å². The second-order valence-corrected chi connectivity index (χ2v) is 21.2. The van der Waals surface area contributed by atoms with Gasteiger partial charge in [0.25, 0.3) is 0 Å². The molecule has 4 heteroatoms. The van der Waals surface area contributed by atoms with Crippen LogP contribution in [0.15, 0.2) is 201 Å². The van der Waals surface area contributed by atoms with Gasteiger partial charge in [-0.1, -0.05) is 133 Å². The summed E-state index contributed by atoms with van der Waals surface area (Å²) in [6.07, 6.45) is 12.3. The van der Waals surface area contributed by atoms with E-state index >= 15 is 0 Å². The van der Waals surface area contributed by atoms with Gasteiger partial charge in [-0.05, 0) is 158 Å². The molecule has 10 rings (SSSR count). The molecule has 0 radical (unpaired) electrons. The molecule has 0 bridgehead atoms. The van der Waals surface area contributed by atoms with Crippen molar-refractivity contribution in [2.75, 3.05) is 0 Å². The van der Waals surface area contributed by atoms with Gasteiger partial charge in [0.05, 0.1) is 0 Å². The molecule has 0 aliphatic heterocycles. The number of nitrogens with zero attached hydrogens (tertiary/aromatic N) is 3. The molecule has 76 heavy (non-hydrogen) atoms. The third-order valence-corrected chi connectivity index (χ3v) is 14.4. The van der Waals surface area contributed by atoms with Crippen LogP contribution in [-0.2, 0) is 39.4 Å². The van der Waals surface area contributed by atoms with Gasteiger partial charge in [-0.25, -0.2) is 0 Å². The van der Waals surface area contributed by atoms with E-state index in [0.29, 0.717) is 17.8 Å². The van der Waals surface area contributed by atoms with Gasteiger partial charge in [0.15, 0.2) is 0 Å². The summed E-state index contributed by atoms with van der Waals surface area (Å²) < 4.78 is 0. The Morgan fingerprint density at radius 2 is 0.579 bits per heavy atom. The molecule has 0 amide bonds. The summed E-state index contributed by atoms with van der Waals surface area (Å²) in [7, 11) is 0. The second kappa shape index (κ2) is 25.0. The van der Waals surface area contributed by atoms with Crippen LogP contribution in [0, 0.1) is 36.0 Å². The van der Waals surface area contributed by atoms with Crippen molar-refractivity contribution in [1.29, 1.82) is 0 Å². The van der Waals surface area contributed by atoms with Crippen molar-refractivity contribution in [1.82, 2.24) is 15.0 Å². The first kappa shape index (κ1) is 53.5. The number of hydrogen-bond donors (Lipinski definition) is 0. The van der Waals surface area contributed by atoms with Crippen LogP contribution in [-0.4, -0.2) is 15.0 Å². The van der Waals surface area contributed by atoms with Gasteiger partial charge < -0.3 is 15.0 Å². The maximum Gasteiger partial charge on any atom is 3.00 e. The summed E-state index contributed by atoms with van der Waals surface area (Å²) in [6, 6.07) is 75.6. The first-order valence-electron chi connectivity index (χ1n) is 27.0. The van der Waals surface area contributed by atoms with Crippen molar-refractivity contribution in [2.45, 2.75) is 80.1 Å². The summed E-state index contributed by atoms with van der Waals surface area (Å²) in [5.74, 6) is 1.65. The quantitative estimate of drug-likeness (QED) is 0.0804. The van der Waals surface area contributed by atoms with Crippen LogP contribution in [0.4, 0.5) is 0 Å². The van der Waals surface area contributed by atoms with Gasteiger partial charge in [0, 0.05) is 35.3 Å². The van der Waals surface area contributed by atoms with E-state index in [1.165, 1.54) is 33.4 Å². The Morgan fingerprint density at radius 1 is 0.316 bits per heavy atom. The van der Waals surface area contributed by atoms with Crippen LogP contribution in [0.5, 0.6) is 0 Å². The predicted octanol–water partition coefficient (Wildman–Crippen LogP) is 19.0. The zero-order chi connectivity index (χ0) is 51.7. The molecule has 3 aromatic heterocycles. The molecule has 3 nitrogen and oxygen atoms in total. The van der Waals surface area contributed by atoms with E-state index in [0.717, 1.165) is 122 Å². The summed E-state index contributed by atoms with van der Waals surface area (Å²) in [5.41, 5.74) is 23.6. The van der Waals surface area contributed by atoms with Gasteiger partial charge >= 0.3 is 20.1 Å². The summed E-state index contributed by atoms with van der Waals surface area (Å²) in [6.45, 7) is 13.8. The molecule has 0 unspecified atom stereocenters.